The molecule has 3 aliphatic heterocycles. The molecule has 2 N–H and O–H groups in total. The third-order valence-corrected chi connectivity index (χ3v) is 7.10. The number of carbonyl (C=O) groups excluding carboxylic acids is 1. The molecule has 4 heterocycles. The lowest BCUT2D eigenvalue weighted by atomic mass is 9.81. The molecule has 0 unspecified atom stereocenters. The van der Waals surface area contributed by atoms with Gasteiger partial charge in [-0.1, -0.05) is 18.2 Å². The van der Waals surface area contributed by atoms with Crippen LogP contribution in [-0.2, 0) is 6.54 Å². The molecule has 164 valence electrons. The summed E-state index contributed by atoms with van der Waals surface area (Å²) < 4.78 is 1.91. The number of anilines is 2. The van der Waals surface area contributed by atoms with Crippen LogP contribution in [-0.4, -0.2) is 59.7 Å². The predicted octanol–water partition coefficient (Wildman–Crippen LogP) is 3.01. The second kappa shape index (κ2) is 8.48. The SMILES string of the molecule is CN1CCC(N2C[C@H]3C[C@H](C2)c2c(NC(=O)Nc4ccccc4)ccc(=O)n2C3)CC1. The van der Waals surface area contributed by atoms with Crippen LogP contribution < -0.4 is 16.2 Å². The summed E-state index contributed by atoms with van der Waals surface area (Å²) in [6.07, 6.45) is 3.51. The van der Waals surface area contributed by atoms with Crippen LogP contribution in [0.3, 0.4) is 0 Å². The van der Waals surface area contributed by atoms with Gasteiger partial charge in [-0.25, -0.2) is 4.79 Å². The minimum Gasteiger partial charge on any atom is -0.310 e. The maximum atomic E-state index is 12.7. The van der Waals surface area contributed by atoms with E-state index in [-0.39, 0.29) is 17.5 Å². The number of pyridine rings is 1. The minimum atomic E-state index is -0.280. The number of urea groups is 1. The average Bonchev–Trinajstić information content (AvgIpc) is 2.77. The monoisotopic (exact) mass is 421 g/mol. The molecule has 2 fully saturated rings. The van der Waals surface area contributed by atoms with Gasteiger partial charge in [-0.3, -0.25) is 9.69 Å². The summed E-state index contributed by atoms with van der Waals surface area (Å²) in [6.45, 7) is 5.08. The zero-order chi connectivity index (χ0) is 21.4. The van der Waals surface area contributed by atoms with Gasteiger partial charge in [0.25, 0.3) is 5.56 Å². The Morgan fingerprint density at radius 2 is 1.74 bits per heavy atom. The van der Waals surface area contributed by atoms with Crippen molar-refractivity contribution >= 4 is 17.4 Å². The van der Waals surface area contributed by atoms with E-state index in [9.17, 15) is 9.59 Å². The number of nitrogens with zero attached hydrogens (tertiary/aromatic N) is 3. The number of hydrogen-bond acceptors (Lipinski definition) is 4. The van der Waals surface area contributed by atoms with Gasteiger partial charge in [0, 0.05) is 49.0 Å². The van der Waals surface area contributed by atoms with Crippen molar-refractivity contribution in [3.8, 4) is 0 Å². The van der Waals surface area contributed by atoms with Gasteiger partial charge in [0.15, 0.2) is 0 Å². The molecule has 5 rings (SSSR count). The quantitative estimate of drug-likeness (QED) is 0.799. The Kier molecular flexibility index (Phi) is 5.54. The second-order valence-corrected chi connectivity index (χ2v) is 9.31. The lowest BCUT2D eigenvalue weighted by Crippen LogP contribution is -2.53. The molecule has 2 saturated heterocycles. The van der Waals surface area contributed by atoms with Crippen LogP contribution in [0.4, 0.5) is 16.2 Å². The van der Waals surface area contributed by atoms with Gasteiger partial charge in [0.1, 0.15) is 0 Å². The molecular formula is C24H31N5O2. The first-order valence-corrected chi connectivity index (χ1v) is 11.4. The van der Waals surface area contributed by atoms with Gasteiger partial charge in [-0.05, 0) is 63.5 Å². The molecule has 1 aromatic heterocycles. The number of piperidine rings is 2. The molecule has 7 heteroatoms. The minimum absolute atomic E-state index is 0.0338. The molecule has 2 bridgehead atoms. The Morgan fingerprint density at radius 3 is 2.52 bits per heavy atom. The number of benzene rings is 1. The standard InChI is InChI=1S/C24H31N5O2/c1-27-11-9-20(10-12-27)28-14-17-13-18(16-28)23-21(7-8-22(30)29(23)15-17)26-24(31)25-19-5-3-2-4-6-19/h2-8,17-18,20H,9-16H2,1H3,(H2,25,26,31)/t17-,18-/m1/s1. The number of likely N-dealkylation sites (tertiary alicyclic amines) is 2. The van der Waals surface area contributed by atoms with E-state index in [0.29, 0.717) is 12.0 Å². The topological polar surface area (TPSA) is 69.6 Å². The highest BCUT2D eigenvalue weighted by molar-refractivity contribution is 6.00. The molecule has 31 heavy (non-hydrogen) atoms. The van der Waals surface area contributed by atoms with E-state index in [1.165, 1.54) is 12.8 Å². The number of aromatic nitrogens is 1. The van der Waals surface area contributed by atoms with Crippen LogP contribution in [0.2, 0.25) is 0 Å². The zero-order valence-corrected chi connectivity index (χ0v) is 18.1. The number of nitrogens with one attached hydrogen (secondary N) is 2. The first-order valence-electron chi connectivity index (χ1n) is 11.4. The lowest BCUT2D eigenvalue weighted by molar-refractivity contribution is 0.0519. The van der Waals surface area contributed by atoms with Crippen LogP contribution in [0, 0.1) is 5.92 Å². The average molecular weight is 422 g/mol. The van der Waals surface area contributed by atoms with Gasteiger partial charge in [-0.15, -0.1) is 0 Å². The van der Waals surface area contributed by atoms with Crippen molar-refractivity contribution in [2.75, 3.05) is 43.9 Å². The molecular weight excluding hydrogens is 390 g/mol. The first kappa shape index (κ1) is 20.3. The third kappa shape index (κ3) is 4.25. The fraction of sp³-hybridized carbons (Fsp3) is 0.500. The van der Waals surface area contributed by atoms with Gasteiger partial charge >= 0.3 is 6.03 Å². The molecule has 2 amide bonds. The molecule has 0 aliphatic carbocycles. The predicted molar refractivity (Wildman–Crippen MR) is 123 cm³/mol. The summed E-state index contributed by atoms with van der Waals surface area (Å²) in [5.74, 6) is 0.769. The lowest BCUT2D eigenvalue weighted by Gasteiger charge is -2.47. The van der Waals surface area contributed by atoms with Crippen molar-refractivity contribution < 1.29 is 4.79 Å². The van der Waals surface area contributed by atoms with Crippen LogP contribution >= 0.6 is 0 Å². The van der Waals surface area contributed by atoms with Crippen molar-refractivity contribution in [3.05, 3.63) is 58.5 Å². The van der Waals surface area contributed by atoms with Crippen molar-refractivity contribution in [1.82, 2.24) is 14.4 Å². The molecule has 2 aromatic rings. The maximum Gasteiger partial charge on any atom is 0.323 e. The smallest absolute Gasteiger partial charge is 0.310 e. The first-order chi connectivity index (χ1) is 15.1. The summed E-state index contributed by atoms with van der Waals surface area (Å²) in [5, 5.41) is 5.89. The van der Waals surface area contributed by atoms with E-state index >= 15 is 0 Å². The number of amides is 2. The van der Waals surface area contributed by atoms with Crippen molar-refractivity contribution in [3.63, 3.8) is 0 Å². The Hall–Kier alpha value is -2.64. The molecule has 0 radical (unpaired) electrons. The van der Waals surface area contributed by atoms with E-state index in [4.69, 9.17) is 0 Å². The Morgan fingerprint density at radius 1 is 0.968 bits per heavy atom. The number of fused-ring (bicyclic) bond motifs is 4. The van der Waals surface area contributed by atoms with Gasteiger partial charge in [0.05, 0.1) is 5.69 Å². The molecule has 0 spiro atoms. The second-order valence-electron chi connectivity index (χ2n) is 9.31. The van der Waals surface area contributed by atoms with E-state index < -0.39 is 0 Å². The van der Waals surface area contributed by atoms with E-state index in [2.05, 4.69) is 27.5 Å². The summed E-state index contributed by atoms with van der Waals surface area (Å²) >= 11 is 0. The number of para-hydroxylation sites is 1. The van der Waals surface area contributed by atoms with Gasteiger partial charge in [-0.2, -0.15) is 0 Å². The van der Waals surface area contributed by atoms with Crippen molar-refractivity contribution in [2.24, 2.45) is 5.92 Å². The highest BCUT2D eigenvalue weighted by Crippen LogP contribution is 2.40. The normalized spacial score (nSPS) is 24.4. The number of rotatable bonds is 3. The Bertz CT molecular complexity index is 997. The van der Waals surface area contributed by atoms with Gasteiger partial charge < -0.3 is 20.1 Å². The molecule has 0 saturated carbocycles. The van der Waals surface area contributed by atoms with E-state index in [1.54, 1.807) is 12.1 Å². The van der Waals surface area contributed by atoms with Crippen molar-refractivity contribution in [1.29, 1.82) is 0 Å². The summed E-state index contributed by atoms with van der Waals surface area (Å²) in [4.78, 5) is 30.4. The van der Waals surface area contributed by atoms with Crippen molar-refractivity contribution in [2.45, 2.75) is 37.8 Å². The van der Waals surface area contributed by atoms with Gasteiger partial charge in [0.2, 0.25) is 0 Å². The maximum absolute atomic E-state index is 12.7. The van der Waals surface area contributed by atoms with Crippen LogP contribution in [0.15, 0.2) is 47.3 Å². The molecule has 2 atom stereocenters. The highest BCUT2D eigenvalue weighted by Gasteiger charge is 2.38. The largest absolute Gasteiger partial charge is 0.323 e. The van der Waals surface area contributed by atoms with Crippen LogP contribution in [0.25, 0.3) is 0 Å². The zero-order valence-electron chi connectivity index (χ0n) is 18.1. The fourth-order valence-electron chi connectivity index (χ4n) is 5.62. The molecule has 7 nitrogen and oxygen atoms in total. The Balaban J connectivity index is 1.37. The summed E-state index contributed by atoms with van der Waals surface area (Å²) in [5.41, 5.74) is 2.52. The Labute approximate surface area is 183 Å². The highest BCUT2D eigenvalue weighted by atomic mass is 16.2. The van der Waals surface area contributed by atoms with Crippen LogP contribution in [0.1, 0.15) is 30.9 Å². The van der Waals surface area contributed by atoms with Crippen LogP contribution in [0.5, 0.6) is 0 Å². The molecule has 3 aliphatic rings. The number of carbonyl (C=O) groups is 1. The molecule has 1 aromatic carbocycles. The van der Waals surface area contributed by atoms with E-state index in [1.807, 2.05) is 34.9 Å². The van der Waals surface area contributed by atoms with E-state index in [0.717, 1.165) is 56.2 Å². The third-order valence-electron chi connectivity index (χ3n) is 7.10. The summed E-state index contributed by atoms with van der Waals surface area (Å²) in [6, 6.07) is 13.1. The number of hydrogen-bond donors (Lipinski definition) is 2. The summed E-state index contributed by atoms with van der Waals surface area (Å²) in [7, 11) is 2.20. The fourth-order valence-corrected chi connectivity index (χ4v) is 5.62.